The van der Waals surface area contributed by atoms with Crippen LogP contribution in [0, 0.1) is 6.92 Å². The molecule has 112 valence electrons. The summed E-state index contributed by atoms with van der Waals surface area (Å²) in [5.74, 6) is 1.96. The van der Waals surface area contributed by atoms with Crippen molar-refractivity contribution >= 4 is 17.4 Å². The Balaban J connectivity index is 2.37. The number of aryl methyl sites for hydroxylation is 1. The van der Waals surface area contributed by atoms with E-state index in [4.69, 9.17) is 16.6 Å². The first-order valence-electron chi connectivity index (χ1n) is 7.97. The minimum absolute atomic E-state index is 0.594. The molecule has 4 heteroatoms. The molecular weight excluding hydrogens is 270 g/mol. The third kappa shape index (κ3) is 3.43. The van der Waals surface area contributed by atoms with Crippen LogP contribution >= 0.6 is 11.6 Å². The van der Waals surface area contributed by atoms with Gasteiger partial charge in [-0.2, -0.15) is 0 Å². The van der Waals surface area contributed by atoms with Crippen LogP contribution in [0.1, 0.15) is 63.8 Å². The maximum absolute atomic E-state index is 6.33. The zero-order valence-electron chi connectivity index (χ0n) is 13.0. The first-order valence-corrected chi connectivity index (χ1v) is 8.34. The minimum atomic E-state index is 0.594. The average Bonchev–Trinajstić information content (AvgIpc) is 2.68. The molecule has 1 atom stereocenters. The van der Waals surface area contributed by atoms with Crippen molar-refractivity contribution in [2.75, 3.05) is 11.4 Å². The van der Waals surface area contributed by atoms with Crippen LogP contribution in [-0.2, 0) is 6.42 Å². The largest absolute Gasteiger partial charge is 0.353 e. The fourth-order valence-electron chi connectivity index (χ4n) is 3.02. The molecule has 3 nitrogen and oxygen atoms in total. The Bertz CT molecular complexity index is 448. The normalized spacial score (nSPS) is 20.0. The van der Waals surface area contributed by atoms with E-state index in [0.717, 1.165) is 36.6 Å². The van der Waals surface area contributed by atoms with Crippen molar-refractivity contribution in [3.63, 3.8) is 0 Å². The van der Waals surface area contributed by atoms with Gasteiger partial charge >= 0.3 is 0 Å². The lowest BCUT2D eigenvalue weighted by atomic mass is 10.1. The maximum Gasteiger partial charge on any atom is 0.137 e. The number of halogens is 1. The van der Waals surface area contributed by atoms with Gasteiger partial charge in [-0.25, -0.2) is 9.97 Å². The molecule has 0 amide bonds. The molecule has 0 spiro atoms. The Labute approximate surface area is 127 Å². The molecule has 0 saturated carbocycles. The Hall–Kier alpha value is -0.830. The van der Waals surface area contributed by atoms with E-state index in [9.17, 15) is 0 Å². The smallest absolute Gasteiger partial charge is 0.137 e. The average molecular weight is 296 g/mol. The maximum atomic E-state index is 6.33. The number of hydrogen-bond acceptors (Lipinski definition) is 3. The second-order valence-electron chi connectivity index (χ2n) is 5.73. The number of rotatable bonds is 4. The van der Waals surface area contributed by atoms with E-state index in [0.29, 0.717) is 11.2 Å². The zero-order chi connectivity index (χ0) is 14.5. The van der Waals surface area contributed by atoms with Crippen molar-refractivity contribution in [2.45, 2.75) is 71.8 Å². The first kappa shape index (κ1) is 15.6. The number of aromatic nitrogens is 2. The van der Waals surface area contributed by atoms with Gasteiger partial charge in [-0.1, -0.05) is 38.3 Å². The van der Waals surface area contributed by atoms with Crippen LogP contribution < -0.4 is 4.90 Å². The van der Waals surface area contributed by atoms with Gasteiger partial charge in [-0.05, 0) is 32.6 Å². The molecular formula is C16H26ClN3. The third-order valence-corrected chi connectivity index (χ3v) is 4.57. The summed E-state index contributed by atoms with van der Waals surface area (Å²) in [5.41, 5.74) is 1.03. The fraction of sp³-hybridized carbons (Fsp3) is 0.750. The van der Waals surface area contributed by atoms with Gasteiger partial charge in [-0.3, -0.25) is 0 Å². The molecule has 0 aromatic carbocycles. The zero-order valence-corrected chi connectivity index (χ0v) is 13.7. The highest BCUT2D eigenvalue weighted by Crippen LogP contribution is 2.29. The summed E-state index contributed by atoms with van der Waals surface area (Å²) in [4.78, 5) is 11.7. The molecule has 2 rings (SSSR count). The quantitative estimate of drug-likeness (QED) is 0.763. The van der Waals surface area contributed by atoms with Gasteiger partial charge in [0.15, 0.2) is 0 Å². The molecule has 20 heavy (non-hydrogen) atoms. The lowest BCUT2D eigenvalue weighted by Gasteiger charge is -2.32. The summed E-state index contributed by atoms with van der Waals surface area (Å²) >= 11 is 6.33. The standard InChI is InChI=1S/C16H26ClN3/c1-4-9-14-18-15(17)12(3)16(19-14)20-11-8-6-7-10-13(20)5-2/h13H,4-11H2,1-3H3. The van der Waals surface area contributed by atoms with E-state index in [-0.39, 0.29) is 0 Å². The van der Waals surface area contributed by atoms with Crippen molar-refractivity contribution in [3.05, 3.63) is 16.5 Å². The second-order valence-corrected chi connectivity index (χ2v) is 6.09. The topological polar surface area (TPSA) is 29.0 Å². The fourth-order valence-corrected chi connectivity index (χ4v) is 3.20. The van der Waals surface area contributed by atoms with Gasteiger partial charge < -0.3 is 4.90 Å². The van der Waals surface area contributed by atoms with Crippen LogP contribution in [0.3, 0.4) is 0 Å². The van der Waals surface area contributed by atoms with E-state index in [1.807, 2.05) is 6.92 Å². The van der Waals surface area contributed by atoms with E-state index in [1.165, 1.54) is 32.1 Å². The highest BCUT2D eigenvalue weighted by atomic mass is 35.5. The molecule has 1 aromatic heterocycles. The molecule has 2 heterocycles. The Morgan fingerprint density at radius 1 is 1.20 bits per heavy atom. The van der Waals surface area contributed by atoms with Crippen LogP contribution in [-0.4, -0.2) is 22.6 Å². The lowest BCUT2D eigenvalue weighted by molar-refractivity contribution is 0.550. The Morgan fingerprint density at radius 2 is 2.00 bits per heavy atom. The first-order chi connectivity index (χ1) is 9.67. The Kier molecular flexibility index (Phi) is 5.64. The summed E-state index contributed by atoms with van der Waals surface area (Å²) < 4.78 is 0. The Morgan fingerprint density at radius 3 is 2.70 bits per heavy atom. The molecule has 0 N–H and O–H groups in total. The van der Waals surface area contributed by atoms with Gasteiger partial charge in [0, 0.05) is 24.6 Å². The van der Waals surface area contributed by atoms with E-state index in [1.54, 1.807) is 0 Å². The SMILES string of the molecule is CCCc1nc(Cl)c(C)c(N2CCCCCC2CC)n1. The number of hydrogen-bond donors (Lipinski definition) is 0. The molecule has 1 aliphatic rings. The highest BCUT2D eigenvalue weighted by Gasteiger charge is 2.23. The summed E-state index contributed by atoms with van der Waals surface area (Å²) in [7, 11) is 0. The molecule has 0 radical (unpaired) electrons. The van der Waals surface area contributed by atoms with E-state index < -0.39 is 0 Å². The summed E-state index contributed by atoms with van der Waals surface area (Å²) in [6, 6.07) is 0.594. The summed E-state index contributed by atoms with van der Waals surface area (Å²) in [6.45, 7) is 7.56. The van der Waals surface area contributed by atoms with Crippen molar-refractivity contribution in [3.8, 4) is 0 Å². The molecule has 1 aromatic rings. The van der Waals surface area contributed by atoms with Crippen LogP contribution in [0.5, 0.6) is 0 Å². The minimum Gasteiger partial charge on any atom is -0.353 e. The third-order valence-electron chi connectivity index (χ3n) is 4.20. The number of nitrogens with zero attached hydrogens (tertiary/aromatic N) is 3. The van der Waals surface area contributed by atoms with Crippen LogP contribution in [0.15, 0.2) is 0 Å². The van der Waals surface area contributed by atoms with Gasteiger partial charge in [0.25, 0.3) is 0 Å². The summed E-state index contributed by atoms with van der Waals surface area (Å²) in [5, 5.41) is 0.623. The molecule has 0 bridgehead atoms. The van der Waals surface area contributed by atoms with Gasteiger partial charge in [-0.15, -0.1) is 0 Å². The monoisotopic (exact) mass is 295 g/mol. The molecule has 1 aliphatic heterocycles. The van der Waals surface area contributed by atoms with Crippen LogP contribution in [0.4, 0.5) is 5.82 Å². The van der Waals surface area contributed by atoms with Gasteiger partial charge in [0.1, 0.15) is 16.8 Å². The van der Waals surface area contributed by atoms with Crippen molar-refractivity contribution in [2.24, 2.45) is 0 Å². The van der Waals surface area contributed by atoms with E-state index in [2.05, 4.69) is 23.7 Å². The van der Waals surface area contributed by atoms with Crippen LogP contribution in [0.2, 0.25) is 5.15 Å². The molecule has 1 saturated heterocycles. The lowest BCUT2D eigenvalue weighted by Crippen LogP contribution is -2.36. The molecule has 0 aliphatic carbocycles. The predicted molar refractivity (Wildman–Crippen MR) is 85.7 cm³/mol. The van der Waals surface area contributed by atoms with Crippen molar-refractivity contribution in [1.29, 1.82) is 0 Å². The van der Waals surface area contributed by atoms with Gasteiger partial charge in [0.2, 0.25) is 0 Å². The predicted octanol–water partition coefficient (Wildman–Crippen LogP) is 4.55. The van der Waals surface area contributed by atoms with E-state index >= 15 is 0 Å². The molecule has 1 fully saturated rings. The highest BCUT2D eigenvalue weighted by molar-refractivity contribution is 6.30. The number of anilines is 1. The summed E-state index contributed by atoms with van der Waals surface area (Å²) in [6.07, 6.45) is 8.29. The molecule has 1 unspecified atom stereocenters. The second kappa shape index (κ2) is 7.26. The van der Waals surface area contributed by atoms with Crippen molar-refractivity contribution in [1.82, 2.24) is 9.97 Å². The van der Waals surface area contributed by atoms with Crippen molar-refractivity contribution < 1.29 is 0 Å². The van der Waals surface area contributed by atoms with Crippen LogP contribution in [0.25, 0.3) is 0 Å². The van der Waals surface area contributed by atoms with Gasteiger partial charge in [0.05, 0.1) is 0 Å².